The van der Waals surface area contributed by atoms with Gasteiger partial charge in [0.25, 0.3) is 5.91 Å². The van der Waals surface area contributed by atoms with Crippen molar-refractivity contribution in [3.63, 3.8) is 0 Å². The lowest BCUT2D eigenvalue weighted by atomic mass is 9.90. The maximum atomic E-state index is 12.7. The molecule has 2 amide bonds. The molecular weight excluding hydrogens is 332 g/mol. The van der Waals surface area contributed by atoms with Crippen molar-refractivity contribution < 1.29 is 14.3 Å². The summed E-state index contributed by atoms with van der Waals surface area (Å²) in [6.45, 7) is 6.02. The fourth-order valence-corrected chi connectivity index (χ4v) is 3.82. The molecule has 3 rings (SSSR count). The van der Waals surface area contributed by atoms with Gasteiger partial charge in [-0.25, -0.2) is 9.78 Å². The van der Waals surface area contributed by atoms with Gasteiger partial charge in [0, 0.05) is 50.8 Å². The molecule has 1 N–H and O–H groups in total. The second-order valence-corrected chi connectivity index (χ2v) is 7.29. The summed E-state index contributed by atoms with van der Waals surface area (Å²) in [5.74, 6) is 0.675. The Morgan fingerprint density at radius 2 is 2.15 bits per heavy atom. The first kappa shape index (κ1) is 18.5. The minimum atomic E-state index is -0.440. The number of pyridine rings is 1. The minimum Gasteiger partial charge on any atom is -0.441 e. The van der Waals surface area contributed by atoms with E-state index in [2.05, 4.69) is 24.1 Å². The van der Waals surface area contributed by atoms with E-state index in [0.29, 0.717) is 43.9 Å². The number of piperidine rings is 1. The van der Waals surface area contributed by atoms with Crippen LogP contribution in [-0.2, 0) is 4.74 Å². The number of amides is 2. The fraction of sp³-hybridized carbons (Fsp3) is 0.632. The predicted molar refractivity (Wildman–Crippen MR) is 99.2 cm³/mol. The van der Waals surface area contributed by atoms with Crippen molar-refractivity contribution in [1.29, 1.82) is 0 Å². The van der Waals surface area contributed by atoms with Crippen LogP contribution in [0.3, 0.4) is 0 Å². The highest BCUT2D eigenvalue weighted by Gasteiger charge is 2.48. The number of rotatable bonds is 5. The van der Waals surface area contributed by atoms with Gasteiger partial charge in [-0.05, 0) is 25.5 Å². The number of nitrogens with zero attached hydrogens (tertiary/aromatic N) is 3. The summed E-state index contributed by atoms with van der Waals surface area (Å²) in [5, 5.41) is 2.95. The van der Waals surface area contributed by atoms with E-state index in [1.165, 1.54) is 0 Å². The van der Waals surface area contributed by atoms with Crippen LogP contribution < -0.4 is 5.32 Å². The lowest BCUT2D eigenvalue weighted by molar-refractivity contribution is 0.00306. The van der Waals surface area contributed by atoms with Gasteiger partial charge in [-0.2, -0.15) is 0 Å². The Bertz CT molecular complexity index is 671. The highest BCUT2D eigenvalue weighted by molar-refractivity contribution is 5.94. The van der Waals surface area contributed by atoms with Crippen LogP contribution in [0.5, 0.6) is 0 Å². The number of ether oxygens (including phenoxy) is 1. The van der Waals surface area contributed by atoms with Crippen molar-refractivity contribution >= 4 is 17.8 Å². The van der Waals surface area contributed by atoms with Crippen LogP contribution in [0.25, 0.3) is 0 Å². The van der Waals surface area contributed by atoms with E-state index in [0.717, 1.165) is 12.8 Å². The Morgan fingerprint density at radius 1 is 1.42 bits per heavy atom. The molecule has 1 spiro atoms. The summed E-state index contributed by atoms with van der Waals surface area (Å²) in [7, 11) is 1.78. The Morgan fingerprint density at radius 3 is 2.81 bits per heavy atom. The third-order valence-corrected chi connectivity index (χ3v) is 5.46. The topological polar surface area (TPSA) is 74.8 Å². The average molecular weight is 360 g/mol. The average Bonchev–Trinajstić information content (AvgIpc) is 2.98. The molecule has 1 atom stereocenters. The number of carbonyl (C=O) groups excluding carboxylic acids is 2. The molecule has 26 heavy (non-hydrogen) atoms. The molecule has 7 nitrogen and oxygen atoms in total. The molecule has 2 fully saturated rings. The number of hydrogen-bond donors (Lipinski definition) is 1. The number of hydrogen-bond acceptors (Lipinski definition) is 5. The summed E-state index contributed by atoms with van der Waals surface area (Å²) in [4.78, 5) is 32.9. The van der Waals surface area contributed by atoms with Crippen LogP contribution >= 0.6 is 0 Å². The van der Waals surface area contributed by atoms with Gasteiger partial charge in [0.2, 0.25) is 0 Å². The lowest BCUT2D eigenvalue weighted by Crippen LogP contribution is -2.49. The van der Waals surface area contributed by atoms with Gasteiger partial charge >= 0.3 is 6.09 Å². The standard InChI is InChI=1S/C19H28N4O3/c1-4-5-14(2)23-13-19(26-18(23)25)7-10-22(11-8-19)17(24)15-6-9-21-16(12-15)20-3/h6,9,12,14H,4-5,7-8,10-11,13H2,1-3H3,(H,20,21)/t14-/m0/s1. The number of carbonyl (C=O) groups is 2. The highest BCUT2D eigenvalue weighted by atomic mass is 16.6. The predicted octanol–water partition coefficient (Wildman–Crippen LogP) is 2.74. The van der Waals surface area contributed by atoms with Crippen molar-refractivity contribution in [1.82, 2.24) is 14.8 Å². The first-order valence-electron chi connectivity index (χ1n) is 9.41. The van der Waals surface area contributed by atoms with E-state index in [-0.39, 0.29) is 18.0 Å². The van der Waals surface area contributed by atoms with Crippen molar-refractivity contribution in [2.75, 3.05) is 32.0 Å². The first-order chi connectivity index (χ1) is 12.5. The maximum absolute atomic E-state index is 12.7. The van der Waals surface area contributed by atoms with Gasteiger partial charge in [-0.15, -0.1) is 0 Å². The van der Waals surface area contributed by atoms with Gasteiger partial charge in [-0.1, -0.05) is 13.3 Å². The zero-order valence-corrected chi connectivity index (χ0v) is 15.8. The van der Waals surface area contributed by atoms with E-state index < -0.39 is 5.60 Å². The summed E-state index contributed by atoms with van der Waals surface area (Å²) in [5.41, 5.74) is 0.187. The molecule has 1 aromatic rings. The molecule has 0 aromatic carbocycles. The first-order valence-corrected chi connectivity index (χ1v) is 9.41. The molecule has 0 unspecified atom stereocenters. The molecule has 3 heterocycles. The van der Waals surface area contributed by atoms with Crippen LogP contribution in [0.2, 0.25) is 0 Å². The molecule has 2 aliphatic heterocycles. The van der Waals surface area contributed by atoms with Crippen molar-refractivity contribution in [3.05, 3.63) is 23.9 Å². The number of likely N-dealkylation sites (tertiary alicyclic amines) is 1. The van der Waals surface area contributed by atoms with Crippen molar-refractivity contribution in [3.8, 4) is 0 Å². The SMILES string of the molecule is CCC[C@H](C)N1CC2(CCN(C(=O)c3ccnc(NC)c3)CC2)OC1=O. The normalized spacial score (nSPS) is 20.2. The van der Waals surface area contributed by atoms with Gasteiger partial charge in [0.05, 0.1) is 6.54 Å². The summed E-state index contributed by atoms with van der Waals surface area (Å²) in [6, 6.07) is 3.69. The van der Waals surface area contributed by atoms with Gasteiger partial charge in [0.15, 0.2) is 0 Å². The zero-order chi connectivity index (χ0) is 18.7. The smallest absolute Gasteiger partial charge is 0.410 e. The highest BCUT2D eigenvalue weighted by Crippen LogP contribution is 2.35. The number of aromatic nitrogens is 1. The van der Waals surface area contributed by atoms with E-state index in [1.807, 2.05) is 9.80 Å². The molecular formula is C19H28N4O3. The molecule has 0 radical (unpaired) electrons. The summed E-state index contributed by atoms with van der Waals surface area (Å²) >= 11 is 0. The Kier molecular flexibility index (Phi) is 5.34. The van der Waals surface area contributed by atoms with E-state index in [1.54, 1.807) is 25.4 Å². The van der Waals surface area contributed by atoms with E-state index >= 15 is 0 Å². The lowest BCUT2D eigenvalue weighted by Gasteiger charge is -2.37. The molecule has 0 saturated carbocycles. The van der Waals surface area contributed by atoms with Crippen LogP contribution in [0.1, 0.15) is 49.9 Å². The van der Waals surface area contributed by atoms with Crippen LogP contribution in [0, 0.1) is 0 Å². The van der Waals surface area contributed by atoms with Crippen LogP contribution in [-0.4, -0.2) is 65.1 Å². The molecule has 2 aliphatic rings. The second-order valence-electron chi connectivity index (χ2n) is 7.29. The summed E-state index contributed by atoms with van der Waals surface area (Å²) in [6.07, 6.45) is 4.81. The molecule has 2 saturated heterocycles. The van der Waals surface area contributed by atoms with Gasteiger partial charge in [-0.3, -0.25) is 4.79 Å². The van der Waals surface area contributed by atoms with E-state index in [9.17, 15) is 9.59 Å². The summed E-state index contributed by atoms with van der Waals surface area (Å²) < 4.78 is 5.77. The van der Waals surface area contributed by atoms with Crippen molar-refractivity contribution in [2.24, 2.45) is 0 Å². The Hall–Kier alpha value is -2.31. The minimum absolute atomic E-state index is 0.000666. The van der Waals surface area contributed by atoms with Crippen molar-refractivity contribution in [2.45, 2.75) is 51.2 Å². The Balaban J connectivity index is 1.62. The largest absolute Gasteiger partial charge is 0.441 e. The zero-order valence-electron chi connectivity index (χ0n) is 15.8. The third-order valence-electron chi connectivity index (χ3n) is 5.46. The van der Waals surface area contributed by atoms with Gasteiger partial charge < -0.3 is 19.9 Å². The molecule has 7 heteroatoms. The van der Waals surface area contributed by atoms with Gasteiger partial charge in [0.1, 0.15) is 11.4 Å². The maximum Gasteiger partial charge on any atom is 0.410 e. The second kappa shape index (κ2) is 7.51. The third kappa shape index (κ3) is 3.61. The van der Waals surface area contributed by atoms with E-state index in [4.69, 9.17) is 4.74 Å². The molecule has 142 valence electrons. The quantitative estimate of drug-likeness (QED) is 0.874. The Labute approximate surface area is 154 Å². The molecule has 0 bridgehead atoms. The van der Waals surface area contributed by atoms with Crippen LogP contribution in [0.4, 0.5) is 10.6 Å². The monoisotopic (exact) mass is 360 g/mol. The fourth-order valence-electron chi connectivity index (χ4n) is 3.82. The number of anilines is 1. The van der Waals surface area contributed by atoms with Crippen LogP contribution in [0.15, 0.2) is 18.3 Å². The molecule has 0 aliphatic carbocycles. The molecule has 1 aromatic heterocycles. The number of nitrogens with one attached hydrogen (secondary N) is 1.